The van der Waals surface area contributed by atoms with Crippen LogP contribution in [0, 0.1) is 0 Å². The normalized spacial score (nSPS) is 12.8. The second kappa shape index (κ2) is 5.97. The third-order valence-electron chi connectivity index (χ3n) is 2.90. The molecule has 6 heteroatoms. The molecule has 0 bridgehead atoms. The van der Waals surface area contributed by atoms with Gasteiger partial charge in [0.1, 0.15) is 6.04 Å². The Morgan fingerprint density at radius 2 is 1.71 bits per heavy atom. The van der Waals surface area contributed by atoms with Gasteiger partial charge in [0.15, 0.2) is 0 Å². The van der Waals surface area contributed by atoms with Gasteiger partial charge >= 0.3 is 6.18 Å². The average molecular weight is 294 g/mol. The van der Waals surface area contributed by atoms with Crippen LogP contribution in [0.3, 0.4) is 0 Å². The first-order valence-electron chi connectivity index (χ1n) is 6.16. The number of anilines is 1. The summed E-state index contributed by atoms with van der Waals surface area (Å²) in [4.78, 5) is 12.0. The van der Waals surface area contributed by atoms with E-state index in [0.29, 0.717) is 5.56 Å². The topological polar surface area (TPSA) is 55.1 Å². The van der Waals surface area contributed by atoms with Gasteiger partial charge < -0.3 is 11.1 Å². The van der Waals surface area contributed by atoms with Crippen LogP contribution in [0.1, 0.15) is 17.2 Å². The number of alkyl halides is 3. The van der Waals surface area contributed by atoms with Crippen LogP contribution in [0.15, 0.2) is 54.6 Å². The van der Waals surface area contributed by atoms with Crippen LogP contribution in [-0.4, -0.2) is 5.91 Å². The molecule has 3 nitrogen and oxygen atoms in total. The summed E-state index contributed by atoms with van der Waals surface area (Å²) < 4.78 is 37.8. The molecule has 1 unspecified atom stereocenters. The fourth-order valence-electron chi connectivity index (χ4n) is 1.81. The zero-order valence-corrected chi connectivity index (χ0v) is 10.9. The largest absolute Gasteiger partial charge is 0.416 e. The van der Waals surface area contributed by atoms with Crippen LogP contribution < -0.4 is 11.1 Å². The second-order valence-electron chi connectivity index (χ2n) is 4.46. The molecule has 0 saturated carbocycles. The zero-order chi connectivity index (χ0) is 15.5. The first kappa shape index (κ1) is 15.1. The molecule has 2 aromatic carbocycles. The summed E-state index contributed by atoms with van der Waals surface area (Å²) in [5, 5.41) is 2.39. The Kier molecular flexibility index (Phi) is 4.28. The predicted molar refractivity (Wildman–Crippen MR) is 73.4 cm³/mol. The van der Waals surface area contributed by atoms with Gasteiger partial charge in [-0.2, -0.15) is 13.2 Å². The fourth-order valence-corrected chi connectivity index (χ4v) is 1.81. The number of nitrogens with one attached hydrogen (secondary N) is 1. The maximum Gasteiger partial charge on any atom is 0.416 e. The number of halogens is 3. The van der Waals surface area contributed by atoms with E-state index in [9.17, 15) is 18.0 Å². The van der Waals surface area contributed by atoms with Gasteiger partial charge in [-0.05, 0) is 23.8 Å². The number of amides is 1. The highest BCUT2D eigenvalue weighted by Crippen LogP contribution is 2.30. The highest BCUT2D eigenvalue weighted by atomic mass is 19.4. The Balaban J connectivity index is 2.13. The molecule has 110 valence electrons. The van der Waals surface area contributed by atoms with Gasteiger partial charge in [0.25, 0.3) is 0 Å². The molecular formula is C15H13F3N2O. The highest BCUT2D eigenvalue weighted by Gasteiger charge is 2.30. The molecule has 0 spiro atoms. The lowest BCUT2D eigenvalue weighted by molar-refractivity contribution is -0.137. The van der Waals surface area contributed by atoms with Crippen LogP contribution in [0.2, 0.25) is 0 Å². The molecule has 3 N–H and O–H groups in total. The van der Waals surface area contributed by atoms with Crippen LogP contribution in [-0.2, 0) is 11.0 Å². The van der Waals surface area contributed by atoms with Crippen molar-refractivity contribution < 1.29 is 18.0 Å². The van der Waals surface area contributed by atoms with Crippen molar-refractivity contribution in [1.29, 1.82) is 0 Å². The Morgan fingerprint density at radius 1 is 1.05 bits per heavy atom. The smallest absolute Gasteiger partial charge is 0.324 e. The Hall–Kier alpha value is -2.34. The first-order valence-corrected chi connectivity index (χ1v) is 6.16. The lowest BCUT2D eigenvalue weighted by Crippen LogP contribution is -2.27. The lowest BCUT2D eigenvalue weighted by Gasteiger charge is -2.14. The van der Waals surface area contributed by atoms with Gasteiger partial charge in [0, 0.05) is 5.69 Å². The van der Waals surface area contributed by atoms with Gasteiger partial charge in [-0.1, -0.05) is 36.4 Å². The molecule has 1 atom stereocenters. The molecule has 2 rings (SSSR count). The molecule has 21 heavy (non-hydrogen) atoms. The first-order chi connectivity index (χ1) is 9.88. The van der Waals surface area contributed by atoms with Crippen molar-refractivity contribution in [3.63, 3.8) is 0 Å². The number of carbonyl (C=O) groups is 1. The van der Waals surface area contributed by atoms with Crippen molar-refractivity contribution >= 4 is 11.6 Å². The minimum atomic E-state index is -4.46. The predicted octanol–water partition coefficient (Wildman–Crippen LogP) is 3.34. The van der Waals surface area contributed by atoms with E-state index in [1.807, 2.05) is 0 Å². The van der Waals surface area contributed by atoms with E-state index in [0.717, 1.165) is 12.1 Å². The number of rotatable bonds is 3. The van der Waals surface area contributed by atoms with Gasteiger partial charge in [0.2, 0.25) is 5.91 Å². The second-order valence-corrected chi connectivity index (χ2v) is 4.46. The number of benzene rings is 2. The molecule has 0 aromatic heterocycles. The van der Waals surface area contributed by atoms with E-state index in [4.69, 9.17) is 5.73 Å². The molecule has 0 radical (unpaired) electrons. The minimum Gasteiger partial charge on any atom is -0.324 e. The molecular weight excluding hydrogens is 281 g/mol. The Bertz CT molecular complexity index is 626. The van der Waals surface area contributed by atoms with E-state index in [1.54, 1.807) is 30.3 Å². The molecule has 2 aromatic rings. The average Bonchev–Trinajstić information content (AvgIpc) is 2.47. The molecule has 1 amide bonds. The van der Waals surface area contributed by atoms with Gasteiger partial charge in [0.05, 0.1) is 5.56 Å². The lowest BCUT2D eigenvalue weighted by atomic mass is 10.1. The van der Waals surface area contributed by atoms with Crippen molar-refractivity contribution in [2.24, 2.45) is 5.73 Å². The molecule has 0 saturated heterocycles. The quantitative estimate of drug-likeness (QED) is 0.912. The number of nitrogens with two attached hydrogens (primary N) is 1. The summed E-state index contributed by atoms with van der Waals surface area (Å²) in [6, 6.07) is 12.1. The third kappa shape index (κ3) is 3.82. The highest BCUT2D eigenvalue weighted by molar-refractivity contribution is 5.95. The maximum atomic E-state index is 12.6. The maximum absolute atomic E-state index is 12.6. The Morgan fingerprint density at radius 3 is 2.33 bits per heavy atom. The van der Waals surface area contributed by atoms with Crippen molar-refractivity contribution in [1.82, 2.24) is 0 Å². The summed E-state index contributed by atoms with van der Waals surface area (Å²) in [7, 11) is 0. The van der Waals surface area contributed by atoms with Gasteiger partial charge in [-0.3, -0.25) is 4.79 Å². The number of hydrogen-bond donors (Lipinski definition) is 2. The van der Waals surface area contributed by atoms with Gasteiger partial charge in [-0.15, -0.1) is 0 Å². The summed E-state index contributed by atoms with van der Waals surface area (Å²) in [5.74, 6) is -0.569. The monoisotopic (exact) mass is 294 g/mol. The molecule has 0 heterocycles. The van der Waals surface area contributed by atoms with E-state index in [1.165, 1.54) is 12.1 Å². The summed E-state index contributed by atoms with van der Waals surface area (Å²) >= 11 is 0. The van der Waals surface area contributed by atoms with E-state index >= 15 is 0 Å². The summed E-state index contributed by atoms with van der Waals surface area (Å²) in [6.45, 7) is 0. The molecule has 0 fully saturated rings. The number of hydrogen-bond acceptors (Lipinski definition) is 2. The Labute approximate surface area is 119 Å². The van der Waals surface area contributed by atoms with Crippen molar-refractivity contribution in [3.05, 3.63) is 65.7 Å². The van der Waals surface area contributed by atoms with Crippen molar-refractivity contribution in [2.45, 2.75) is 12.2 Å². The SMILES string of the molecule is NC(C(=O)Nc1cccc(C(F)(F)F)c1)c1ccccc1. The minimum absolute atomic E-state index is 0.0567. The van der Waals surface area contributed by atoms with Crippen LogP contribution >= 0.6 is 0 Å². The van der Waals surface area contributed by atoms with Crippen LogP contribution in [0.5, 0.6) is 0 Å². The van der Waals surface area contributed by atoms with E-state index < -0.39 is 23.7 Å². The van der Waals surface area contributed by atoms with Crippen molar-refractivity contribution in [3.8, 4) is 0 Å². The van der Waals surface area contributed by atoms with Gasteiger partial charge in [-0.25, -0.2) is 0 Å². The zero-order valence-electron chi connectivity index (χ0n) is 10.9. The van der Waals surface area contributed by atoms with E-state index in [2.05, 4.69) is 5.32 Å². The van der Waals surface area contributed by atoms with Crippen LogP contribution in [0.4, 0.5) is 18.9 Å². The van der Waals surface area contributed by atoms with Crippen molar-refractivity contribution in [2.75, 3.05) is 5.32 Å². The molecule has 0 aliphatic carbocycles. The molecule has 0 aliphatic rings. The standard InChI is InChI=1S/C15H13F3N2O/c16-15(17,18)11-7-4-8-12(9-11)20-14(21)13(19)10-5-2-1-3-6-10/h1-9,13H,19H2,(H,20,21). The molecule has 0 aliphatic heterocycles. The third-order valence-corrected chi connectivity index (χ3v) is 2.90. The van der Waals surface area contributed by atoms with E-state index in [-0.39, 0.29) is 5.69 Å². The summed E-state index contributed by atoms with van der Waals surface area (Å²) in [6.07, 6.45) is -4.46. The summed E-state index contributed by atoms with van der Waals surface area (Å²) in [5.41, 5.74) is 5.59. The fraction of sp³-hybridized carbons (Fsp3) is 0.133. The van der Waals surface area contributed by atoms with Crippen LogP contribution in [0.25, 0.3) is 0 Å². The number of carbonyl (C=O) groups excluding carboxylic acids is 1.